The first kappa shape index (κ1) is 39.6. The number of ether oxygens (including phenoxy) is 12. The van der Waals surface area contributed by atoms with Gasteiger partial charge in [0.05, 0.1) is 152 Å². The minimum absolute atomic E-state index is 0.309. The van der Waals surface area contributed by atoms with Gasteiger partial charge in [-0.15, -0.1) is 6.42 Å². The first-order valence-corrected chi connectivity index (χ1v) is 15.0. The molecule has 0 aliphatic carbocycles. The summed E-state index contributed by atoms with van der Waals surface area (Å²) in [5.74, 6) is 2.40. The minimum atomic E-state index is 0.309. The van der Waals surface area contributed by atoms with Crippen LogP contribution >= 0.6 is 15.9 Å². The summed E-state index contributed by atoms with van der Waals surface area (Å²) in [7, 11) is 0. The van der Waals surface area contributed by atoms with E-state index in [1.165, 1.54) is 0 Å². The Labute approximate surface area is 248 Å². The summed E-state index contributed by atoms with van der Waals surface area (Å²) in [6, 6.07) is 0. The maximum absolute atomic E-state index is 5.46. The van der Waals surface area contributed by atoms with Crippen LogP contribution in [0.1, 0.15) is 0 Å². The van der Waals surface area contributed by atoms with Gasteiger partial charge in [-0.2, -0.15) is 0 Å². The fourth-order valence-electron chi connectivity index (χ4n) is 2.60. The van der Waals surface area contributed by atoms with Crippen molar-refractivity contribution in [3.8, 4) is 12.3 Å². The molecule has 0 aliphatic heterocycles. The molecule has 0 aromatic heterocycles. The Balaban J connectivity index is 3.02. The average Bonchev–Trinajstić information content (AvgIpc) is 2.97. The third-order valence-corrected chi connectivity index (χ3v) is 4.82. The van der Waals surface area contributed by atoms with Gasteiger partial charge in [0.2, 0.25) is 0 Å². The number of hydrogen-bond acceptors (Lipinski definition) is 12. The highest BCUT2D eigenvalue weighted by molar-refractivity contribution is 9.09. The minimum Gasteiger partial charge on any atom is -0.378 e. The lowest BCUT2D eigenvalue weighted by Crippen LogP contribution is -2.15. The van der Waals surface area contributed by atoms with Crippen LogP contribution in [0.15, 0.2) is 0 Å². The quantitative estimate of drug-likeness (QED) is 0.0554. The highest BCUT2D eigenvalue weighted by Crippen LogP contribution is 1.87. The van der Waals surface area contributed by atoms with Crippen molar-refractivity contribution in [3.05, 3.63) is 0 Å². The first-order chi connectivity index (χ1) is 19.9. The summed E-state index contributed by atoms with van der Waals surface area (Å²) in [4.78, 5) is 0. The third-order valence-electron chi connectivity index (χ3n) is 4.50. The molecule has 0 saturated carbocycles. The van der Waals surface area contributed by atoms with Gasteiger partial charge in [-0.1, -0.05) is 21.9 Å². The predicted molar refractivity (Wildman–Crippen MR) is 152 cm³/mol. The second kappa shape index (κ2) is 38.6. The van der Waals surface area contributed by atoms with E-state index in [-0.39, 0.29) is 0 Å². The molecule has 0 aromatic rings. The molecule has 0 unspecified atom stereocenters. The van der Waals surface area contributed by atoms with Crippen LogP contribution in [0.4, 0.5) is 0 Å². The van der Waals surface area contributed by atoms with Gasteiger partial charge in [-0.05, 0) is 0 Å². The maximum atomic E-state index is 5.46. The van der Waals surface area contributed by atoms with Gasteiger partial charge in [-0.3, -0.25) is 0 Å². The van der Waals surface area contributed by atoms with Gasteiger partial charge in [0.15, 0.2) is 0 Å². The van der Waals surface area contributed by atoms with Gasteiger partial charge >= 0.3 is 0 Å². The Bertz CT molecular complexity index is 499. The molecule has 40 heavy (non-hydrogen) atoms. The topological polar surface area (TPSA) is 111 Å². The molecule has 13 heteroatoms. The molecule has 0 amide bonds. The van der Waals surface area contributed by atoms with Crippen molar-refractivity contribution >= 4 is 15.9 Å². The van der Waals surface area contributed by atoms with Crippen molar-refractivity contribution in [2.24, 2.45) is 0 Å². The SMILES string of the molecule is C#CCOCCOCCOCCOCCOCCOCCOCCOCCOCCOCCOCCOCCBr. The molecular formula is C27H51BrO12. The second-order valence-electron chi connectivity index (χ2n) is 7.68. The van der Waals surface area contributed by atoms with Crippen LogP contribution in [0, 0.1) is 12.3 Å². The van der Waals surface area contributed by atoms with Gasteiger partial charge in [-0.25, -0.2) is 0 Å². The molecule has 0 atom stereocenters. The van der Waals surface area contributed by atoms with E-state index in [4.69, 9.17) is 63.3 Å². The zero-order valence-corrected chi connectivity index (χ0v) is 25.6. The maximum Gasteiger partial charge on any atom is 0.107 e. The van der Waals surface area contributed by atoms with Crippen molar-refractivity contribution < 1.29 is 56.8 Å². The molecule has 0 spiro atoms. The average molecular weight is 648 g/mol. The van der Waals surface area contributed by atoms with Crippen LogP contribution in [0.3, 0.4) is 0 Å². The van der Waals surface area contributed by atoms with Crippen molar-refractivity contribution in [1.82, 2.24) is 0 Å². The summed E-state index contributed by atoms with van der Waals surface area (Å²) in [5, 5.41) is 0.837. The zero-order valence-electron chi connectivity index (χ0n) is 24.0. The van der Waals surface area contributed by atoms with Crippen molar-refractivity contribution in [3.63, 3.8) is 0 Å². The summed E-state index contributed by atoms with van der Waals surface area (Å²) in [6.07, 6.45) is 5.07. The molecule has 0 radical (unpaired) electrons. The van der Waals surface area contributed by atoms with E-state index in [0.717, 1.165) is 5.33 Å². The Morgan fingerprint density at radius 2 is 0.475 bits per heavy atom. The van der Waals surface area contributed by atoms with E-state index in [2.05, 4.69) is 21.9 Å². The third kappa shape index (κ3) is 37.6. The molecule has 0 N–H and O–H groups in total. The number of rotatable bonds is 36. The molecular weight excluding hydrogens is 596 g/mol. The van der Waals surface area contributed by atoms with E-state index < -0.39 is 0 Å². The molecule has 0 saturated heterocycles. The Morgan fingerprint density at radius 1 is 0.300 bits per heavy atom. The lowest BCUT2D eigenvalue weighted by atomic mass is 10.6. The summed E-state index contributed by atoms with van der Waals surface area (Å²) in [6.45, 7) is 12.5. The predicted octanol–water partition coefficient (Wildman–Crippen LogP) is 1.21. The van der Waals surface area contributed by atoms with Crippen LogP contribution in [-0.2, 0) is 56.8 Å². The van der Waals surface area contributed by atoms with E-state index in [0.29, 0.717) is 159 Å². The van der Waals surface area contributed by atoms with E-state index in [1.807, 2.05) is 0 Å². The number of hydrogen-bond donors (Lipinski definition) is 0. The first-order valence-electron chi connectivity index (χ1n) is 13.8. The molecule has 0 bridgehead atoms. The molecule has 12 nitrogen and oxygen atoms in total. The molecule has 0 heterocycles. The summed E-state index contributed by atoms with van der Waals surface area (Å²) >= 11 is 3.30. The Morgan fingerprint density at radius 3 is 0.650 bits per heavy atom. The number of halogens is 1. The fraction of sp³-hybridized carbons (Fsp3) is 0.926. The normalized spacial score (nSPS) is 11.3. The van der Waals surface area contributed by atoms with Crippen LogP contribution in [-0.4, -0.2) is 164 Å². The molecule has 0 aliphatic rings. The zero-order chi connectivity index (χ0) is 28.9. The standard InChI is InChI=1S/C27H51BrO12/c1-2-4-29-6-8-31-10-12-33-14-16-35-18-20-37-22-24-39-26-27-40-25-23-38-21-19-36-17-15-34-13-11-32-9-7-30-5-3-28/h1H,3-27H2. The van der Waals surface area contributed by atoms with Gasteiger partial charge in [0, 0.05) is 5.33 Å². The summed E-state index contributed by atoms with van der Waals surface area (Å²) in [5.41, 5.74) is 0. The fourth-order valence-corrected chi connectivity index (χ4v) is 2.83. The molecule has 0 rings (SSSR count). The highest BCUT2D eigenvalue weighted by atomic mass is 79.9. The van der Waals surface area contributed by atoms with E-state index in [9.17, 15) is 0 Å². The van der Waals surface area contributed by atoms with Crippen LogP contribution in [0.25, 0.3) is 0 Å². The van der Waals surface area contributed by atoms with Gasteiger partial charge < -0.3 is 56.8 Å². The second-order valence-corrected chi connectivity index (χ2v) is 8.47. The molecule has 238 valence electrons. The Kier molecular flexibility index (Phi) is 38.1. The van der Waals surface area contributed by atoms with Crippen LogP contribution < -0.4 is 0 Å². The van der Waals surface area contributed by atoms with Crippen molar-refractivity contribution in [2.45, 2.75) is 0 Å². The lowest BCUT2D eigenvalue weighted by molar-refractivity contribution is -0.0280. The number of alkyl halides is 1. The number of terminal acetylenes is 1. The van der Waals surface area contributed by atoms with Crippen molar-refractivity contribution in [2.75, 3.05) is 164 Å². The van der Waals surface area contributed by atoms with Crippen LogP contribution in [0.5, 0.6) is 0 Å². The van der Waals surface area contributed by atoms with Crippen molar-refractivity contribution in [1.29, 1.82) is 0 Å². The van der Waals surface area contributed by atoms with Gasteiger partial charge in [0.1, 0.15) is 6.61 Å². The van der Waals surface area contributed by atoms with E-state index in [1.54, 1.807) is 0 Å². The Hall–Kier alpha value is -0.440. The highest BCUT2D eigenvalue weighted by Gasteiger charge is 1.96. The molecule has 0 fully saturated rings. The smallest absolute Gasteiger partial charge is 0.107 e. The monoisotopic (exact) mass is 646 g/mol. The molecule has 0 aromatic carbocycles. The van der Waals surface area contributed by atoms with Gasteiger partial charge in [0.25, 0.3) is 0 Å². The van der Waals surface area contributed by atoms with Crippen LogP contribution in [0.2, 0.25) is 0 Å². The summed E-state index contributed by atoms with van der Waals surface area (Å²) < 4.78 is 64.6. The van der Waals surface area contributed by atoms with E-state index >= 15 is 0 Å². The largest absolute Gasteiger partial charge is 0.378 e. The lowest BCUT2D eigenvalue weighted by Gasteiger charge is -2.09.